The maximum Gasteiger partial charge on any atom is 0.127 e. The smallest absolute Gasteiger partial charge is 0.127 e. The molecule has 0 heterocycles. The molecule has 1 rings (SSSR count). The molecule has 0 aliphatic rings. The summed E-state index contributed by atoms with van der Waals surface area (Å²) in [7, 11) is 0. The van der Waals surface area contributed by atoms with Crippen molar-refractivity contribution in [1.29, 1.82) is 0 Å². The van der Waals surface area contributed by atoms with Crippen LogP contribution < -0.4 is 10.1 Å². The van der Waals surface area contributed by atoms with Gasteiger partial charge in [-0.15, -0.1) is 6.58 Å². The third-order valence-electron chi connectivity index (χ3n) is 2.31. The fraction of sp³-hybridized carbons (Fsp3) is 0.429. The van der Waals surface area contributed by atoms with E-state index in [9.17, 15) is 4.39 Å². The minimum Gasteiger partial charge on any atom is -0.493 e. The van der Waals surface area contributed by atoms with E-state index < -0.39 is 0 Å². The zero-order chi connectivity index (χ0) is 12.7. The first-order valence-corrected chi connectivity index (χ1v) is 5.89. The van der Waals surface area contributed by atoms with Crippen molar-refractivity contribution in [2.24, 2.45) is 0 Å². The van der Waals surface area contributed by atoms with Crippen molar-refractivity contribution in [3.63, 3.8) is 0 Å². The normalized spacial score (nSPS) is 10.3. The van der Waals surface area contributed by atoms with Crippen LogP contribution in [-0.2, 0) is 6.54 Å². The van der Waals surface area contributed by atoms with Crippen LogP contribution in [0.5, 0.6) is 5.75 Å². The lowest BCUT2D eigenvalue weighted by molar-refractivity contribution is 0.319. The molecule has 0 saturated carbocycles. The lowest BCUT2D eigenvalue weighted by Crippen LogP contribution is -2.12. The summed E-state index contributed by atoms with van der Waals surface area (Å²) in [6.07, 6.45) is 0.791. The largest absolute Gasteiger partial charge is 0.493 e. The highest BCUT2D eigenvalue weighted by Crippen LogP contribution is 2.17. The molecule has 2 nitrogen and oxygen atoms in total. The van der Waals surface area contributed by atoms with Gasteiger partial charge in [-0.3, -0.25) is 0 Å². The fourth-order valence-electron chi connectivity index (χ4n) is 1.42. The van der Waals surface area contributed by atoms with Crippen LogP contribution in [0.2, 0.25) is 0 Å². The molecule has 0 fully saturated rings. The van der Waals surface area contributed by atoms with Crippen LogP contribution in [0.4, 0.5) is 4.39 Å². The Kier molecular flexibility index (Phi) is 5.70. The van der Waals surface area contributed by atoms with Gasteiger partial charge in [0.2, 0.25) is 0 Å². The summed E-state index contributed by atoms with van der Waals surface area (Å²) in [5.74, 6) is 0.324. The molecule has 3 heteroatoms. The van der Waals surface area contributed by atoms with E-state index in [4.69, 9.17) is 4.74 Å². The van der Waals surface area contributed by atoms with Crippen molar-refractivity contribution in [2.75, 3.05) is 13.2 Å². The Balaban J connectivity index is 2.58. The van der Waals surface area contributed by atoms with Gasteiger partial charge in [-0.2, -0.15) is 0 Å². The van der Waals surface area contributed by atoms with E-state index in [1.165, 1.54) is 12.1 Å². The summed E-state index contributed by atoms with van der Waals surface area (Å²) in [6.45, 7) is 9.83. The molecular formula is C14H20FNO. The predicted octanol–water partition coefficient (Wildman–Crippen LogP) is 3.28. The second kappa shape index (κ2) is 7.07. The van der Waals surface area contributed by atoms with Crippen molar-refractivity contribution >= 4 is 0 Å². The first-order chi connectivity index (χ1) is 8.11. The van der Waals surface area contributed by atoms with Gasteiger partial charge in [0.05, 0.1) is 6.61 Å². The second-order valence-corrected chi connectivity index (χ2v) is 4.13. The van der Waals surface area contributed by atoms with Gasteiger partial charge in [0.15, 0.2) is 0 Å². The number of ether oxygens (including phenoxy) is 1. The average Bonchev–Trinajstić information content (AvgIpc) is 2.25. The van der Waals surface area contributed by atoms with Crippen molar-refractivity contribution in [1.82, 2.24) is 5.32 Å². The molecule has 0 saturated heterocycles. The Bertz CT molecular complexity index is 376. The summed E-state index contributed by atoms with van der Waals surface area (Å²) in [5, 5.41) is 3.16. The lowest BCUT2D eigenvalue weighted by Gasteiger charge is -2.09. The molecule has 94 valence electrons. The van der Waals surface area contributed by atoms with Crippen LogP contribution in [0.15, 0.2) is 30.4 Å². The average molecular weight is 237 g/mol. The zero-order valence-electron chi connectivity index (χ0n) is 10.6. The van der Waals surface area contributed by atoms with Gasteiger partial charge in [-0.1, -0.05) is 12.5 Å². The molecule has 0 amide bonds. The summed E-state index contributed by atoms with van der Waals surface area (Å²) in [6, 6.07) is 4.80. The standard InChI is InChI=1S/C14H20FNO/c1-4-16-10-12-7-13(15)9-14(8-12)17-6-5-11(2)3/h7-9,16H,2,4-6,10H2,1,3H3. The Hall–Kier alpha value is -1.35. The highest BCUT2D eigenvalue weighted by atomic mass is 19.1. The van der Waals surface area contributed by atoms with E-state index in [0.29, 0.717) is 18.9 Å². The Morgan fingerprint density at radius 2 is 2.18 bits per heavy atom. The topological polar surface area (TPSA) is 21.3 Å². The van der Waals surface area contributed by atoms with Gasteiger partial charge in [-0.05, 0) is 31.2 Å². The highest BCUT2D eigenvalue weighted by molar-refractivity contribution is 5.29. The van der Waals surface area contributed by atoms with Crippen LogP contribution in [0.1, 0.15) is 25.8 Å². The summed E-state index contributed by atoms with van der Waals surface area (Å²) in [5.41, 5.74) is 1.96. The molecule has 0 aliphatic carbocycles. The molecule has 0 atom stereocenters. The molecule has 0 aromatic heterocycles. The molecule has 1 aromatic rings. The maximum atomic E-state index is 13.3. The van der Waals surface area contributed by atoms with Gasteiger partial charge in [-0.25, -0.2) is 4.39 Å². The summed E-state index contributed by atoms with van der Waals surface area (Å²) < 4.78 is 18.8. The minimum atomic E-state index is -0.259. The molecule has 0 spiro atoms. The van der Waals surface area contributed by atoms with E-state index in [0.717, 1.165) is 24.1 Å². The molecule has 0 aliphatic heterocycles. The lowest BCUT2D eigenvalue weighted by atomic mass is 10.2. The van der Waals surface area contributed by atoms with Crippen LogP contribution in [0, 0.1) is 5.82 Å². The van der Waals surface area contributed by atoms with Crippen molar-refractivity contribution < 1.29 is 9.13 Å². The number of halogens is 1. The monoisotopic (exact) mass is 237 g/mol. The number of hydrogen-bond donors (Lipinski definition) is 1. The van der Waals surface area contributed by atoms with Crippen LogP contribution >= 0.6 is 0 Å². The first-order valence-electron chi connectivity index (χ1n) is 5.89. The van der Waals surface area contributed by atoms with Gasteiger partial charge < -0.3 is 10.1 Å². The number of hydrogen-bond acceptors (Lipinski definition) is 2. The molecule has 0 bridgehead atoms. The quantitative estimate of drug-likeness (QED) is 0.735. The van der Waals surface area contributed by atoms with E-state index in [-0.39, 0.29) is 5.82 Å². The number of rotatable bonds is 7. The summed E-state index contributed by atoms with van der Waals surface area (Å²) >= 11 is 0. The van der Waals surface area contributed by atoms with Gasteiger partial charge in [0, 0.05) is 19.0 Å². The van der Waals surface area contributed by atoms with Crippen molar-refractivity contribution in [2.45, 2.75) is 26.8 Å². The van der Waals surface area contributed by atoms with Crippen LogP contribution in [-0.4, -0.2) is 13.2 Å². The Labute approximate surface area is 102 Å². The number of benzene rings is 1. The van der Waals surface area contributed by atoms with Crippen molar-refractivity contribution in [3.05, 3.63) is 41.7 Å². The summed E-state index contributed by atoms with van der Waals surface area (Å²) in [4.78, 5) is 0. The number of nitrogens with one attached hydrogen (secondary N) is 1. The van der Waals surface area contributed by atoms with E-state index >= 15 is 0 Å². The van der Waals surface area contributed by atoms with Crippen LogP contribution in [0.3, 0.4) is 0 Å². The van der Waals surface area contributed by atoms with Gasteiger partial charge in [0.1, 0.15) is 11.6 Å². The molecule has 0 radical (unpaired) electrons. The molecule has 1 aromatic carbocycles. The highest BCUT2D eigenvalue weighted by Gasteiger charge is 2.01. The van der Waals surface area contributed by atoms with Gasteiger partial charge in [0.25, 0.3) is 0 Å². The molecule has 17 heavy (non-hydrogen) atoms. The maximum absolute atomic E-state index is 13.3. The Morgan fingerprint density at radius 3 is 2.82 bits per heavy atom. The molecule has 0 unspecified atom stereocenters. The first kappa shape index (κ1) is 13.7. The van der Waals surface area contributed by atoms with E-state index in [2.05, 4.69) is 11.9 Å². The van der Waals surface area contributed by atoms with E-state index in [1.807, 2.05) is 19.9 Å². The minimum absolute atomic E-state index is 0.259. The zero-order valence-corrected chi connectivity index (χ0v) is 10.6. The third-order valence-corrected chi connectivity index (χ3v) is 2.31. The fourth-order valence-corrected chi connectivity index (χ4v) is 1.42. The molecular weight excluding hydrogens is 217 g/mol. The van der Waals surface area contributed by atoms with Gasteiger partial charge >= 0.3 is 0 Å². The predicted molar refractivity (Wildman–Crippen MR) is 68.7 cm³/mol. The molecule has 1 N–H and O–H groups in total. The third kappa shape index (κ3) is 5.50. The van der Waals surface area contributed by atoms with Crippen molar-refractivity contribution in [3.8, 4) is 5.75 Å². The van der Waals surface area contributed by atoms with Crippen LogP contribution in [0.25, 0.3) is 0 Å². The Morgan fingerprint density at radius 1 is 1.41 bits per heavy atom. The second-order valence-electron chi connectivity index (χ2n) is 4.13. The SMILES string of the molecule is C=C(C)CCOc1cc(F)cc(CNCC)c1. The van der Waals surface area contributed by atoms with E-state index in [1.54, 1.807) is 0 Å².